The molecule has 2 aromatic rings. The van der Waals surface area contributed by atoms with Gasteiger partial charge in [-0.15, -0.1) is 5.10 Å². The van der Waals surface area contributed by atoms with Crippen LogP contribution in [0.1, 0.15) is 6.42 Å². The van der Waals surface area contributed by atoms with Crippen molar-refractivity contribution >= 4 is 17.3 Å². The first-order valence-electron chi connectivity index (χ1n) is 6.13. The molecule has 1 aliphatic heterocycles. The van der Waals surface area contributed by atoms with Crippen LogP contribution in [0.3, 0.4) is 0 Å². The minimum atomic E-state index is 0.454. The van der Waals surface area contributed by atoms with E-state index in [1.807, 2.05) is 6.07 Å². The van der Waals surface area contributed by atoms with E-state index in [4.69, 9.17) is 22.1 Å². The monoisotopic (exact) mass is 279 g/mol. The molecule has 1 saturated heterocycles. The standard InChI is InChI=1S/C12H14ClN5O/c13-9-1-2-10(11(14)5-9)12-15-16-17-18(12)6-8-3-4-19-7-8/h1-2,5,8H,3-4,6-7,14H2. The zero-order chi connectivity index (χ0) is 13.2. The largest absolute Gasteiger partial charge is 0.398 e. The second-order valence-electron chi connectivity index (χ2n) is 4.65. The highest BCUT2D eigenvalue weighted by Gasteiger charge is 2.20. The van der Waals surface area contributed by atoms with E-state index in [1.54, 1.807) is 16.8 Å². The predicted molar refractivity (Wildman–Crippen MR) is 71.6 cm³/mol. The summed E-state index contributed by atoms with van der Waals surface area (Å²) in [6.07, 6.45) is 1.04. The van der Waals surface area contributed by atoms with Crippen molar-refractivity contribution in [2.24, 2.45) is 5.92 Å². The maximum Gasteiger partial charge on any atom is 0.184 e. The van der Waals surface area contributed by atoms with Gasteiger partial charge in [0.25, 0.3) is 0 Å². The number of ether oxygens (including phenoxy) is 1. The van der Waals surface area contributed by atoms with Crippen molar-refractivity contribution < 1.29 is 4.74 Å². The highest BCUT2D eigenvalue weighted by atomic mass is 35.5. The summed E-state index contributed by atoms with van der Waals surface area (Å²) in [5.74, 6) is 1.12. The van der Waals surface area contributed by atoms with Crippen molar-refractivity contribution in [1.82, 2.24) is 20.2 Å². The Hall–Kier alpha value is -1.66. The molecule has 0 radical (unpaired) electrons. The first-order valence-corrected chi connectivity index (χ1v) is 6.51. The Morgan fingerprint density at radius 3 is 3.11 bits per heavy atom. The fourth-order valence-electron chi connectivity index (χ4n) is 2.23. The van der Waals surface area contributed by atoms with E-state index in [0.717, 1.165) is 31.7 Å². The van der Waals surface area contributed by atoms with Crippen LogP contribution in [0.25, 0.3) is 11.4 Å². The number of nitrogens with zero attached hydrogens (tertiary/aromatic N) is 4. The summed E-state index contributed by atoms with van der Waals surface area (Å²) in [7, 11) is 0. The van der Waals surface area contributed by atoms with Crippen LogP contribution in [-0.2, 0) is 11.3 Å². The number of nitrogens with two attached hydrogens (primary N) is 1. The fraction of sp³-hybridized carbons (Fsp3) is 0.417. The number of hydrogen-bond acceptors (Lipinski definition) is 5. The number of rotatable bonds is 3. The number of aromatic nitrogens is 4. The van der Waals surface area contributed by atoms with E-state index in [2.05, 4.69) is 15.5 Å². The minimum Gasteiger partial charge on any atom is -0.398 e. The normalized spacial score (nSPS) is 18.9. The summed E-state index contributed by atoms with van der Waals surface area (Å²) in [5.41, 5.74) is 7.35. The molecule has 0 aliphatic carbocycles. The van der Waals surface area contributed by atoms with Gasteiger partial charge in [-0.3, -0.25) is 0 Å². The van der Waals surface area contributed by atoms with Gasteiger partial charge in [0.2, 0.25) is 0 Å². The smallest absolute Gasteiger partial charge is 0.184 e. The van der Waals surface area contributed by atoms with Gasteiger partial charge in [0.1, 0.15) is 0 Å². The molecular weight excluding hydrogens is 266 g/mol. The lowest BCUT2D eigenvalue weighted by Gasteiger charge is -2.10. The molecule has 2 heterocycles. The Morgan fingerprint density at radius 1 is 1.47 bits per heavy atom. The van der Waals surface area contributed by atoms with Gasteiger partial charge in [-0.2, -0.15) is 0 Å². The molecule has 100 valence electrons. The molecular formula is C12H14ClN5O. The van der Waals surface area contributed by atoms with Gasteiger partial charge in [-0.25, -0.2) is 4.68 Å². The Kier molecular flexibility index (Phi) is 3.35. The molecule has 19 heavy (non-hydrogen) atoms. The molecule has 0 saturated carbocycles. The van der Waals surface area contributed by atoms with Crippen LogP contribution in [0.15, 0.2) is 18.2 Å². The third-order valence-corrected chi connectivity index (χ3v) is 3.48. The lowest BCUT2D eigenvalue weighted by molar-refractivity contribution is 0.181. The molecule has 1 aromatic carbocycles. The van der Waals surface area contributed by atoms with E-state index < -0.39 is 0 Å². The molecule has 3 rings (SSSR count). The van der Waals surface area contributed by atoms with Crippen LogP contribution in [0.4, 0.5) is 5.69 Å². The molecule has 0 amide bonds. The molecule has 1 aliphatic rings. The lowest BCUT2D eigenvalue weighted by Crippen LogP contribution is -2.13. The molecule has 1 fully saturated rings. The van der Waals surface area contributed by atoms with E-state index in [0.29, 0.717) is 22.5 Å². The summed E-state index contributed by atoms with van der Waals surface area (Å²) in [4.78, 5) is 0. The van der Waals surface area contributed by atoms with Gasteiger partial charge in [0, 0.05) is 28.8 Å². The van der Waals surface area contributed by atoms with Crippen molar-refractivity contribution in [3.63, 3.8) is 0 Å². The zero-order valence-electron chi connectivity index (χ0n) is 10.3. The molecule has 7 heteroatoms. The summed E-state index contributed by atoms with van der Waals surface area (Å²) >= 11 is 5.90. The van der Waals surface area contributed by atoms with Crippen LogP contribution >= 0.6 is 11.6 Å². The van der Waals surface area contributed by atoms with Crippen LogP contribution in [0, 0.1) is 5.92 Å². The zero-order valence-corrected chi connectivity index (χ0v) is 11.0. The van der Waals surface area contributed by atoms with Crippen molar-refractivity contribution in [3.8, 4) is 11.4 Å². The third kappa shape index (κ3) is 2.54. The maximum atomic E-state index is 5.97. The van der Waals surface area contributed by atoms with E-state index >= 15 is 0 Å². The summed E-state index contributed by atoms with van der Waals surface area (Å²) < 4.78 is 7.14. The molecule has 1 atom stereocenters. The quantitative estimate of drug-likeness (QED) is 0.864. The van der Waals surface area contributed by atoms with Crippen molar-refractivity contribution in [2.45, 2.75) is 13.0 Å². The van der Waals surface area contributed by atoms with Gasteiger partial charge in [-0.1, -0.05) is 11.6 Å². The number of anilines is 1. The van der Waals surface area contributed by atoms with Crippen molar-refractivity contribution in [2.75, 3.05) is 18.9 Å². The Morgan fingerprint density at radius 2 is 2.37 bits per heavy atom. The van der Waals surface area contributed by atoms with Crippen LogP contribution in [0.2, 0.25) is 5.02 Å². The summed E-state index contributed by atoms with van der Waals surface area (Å²) in [5, 5.41) is 12.4. The Bertz CT molecular complexity index is 579. The SMILES string of the molecule is Nc1cc(Cl)ccc1-c1nnnn1CC1CCOC1. The Labute approximate surface area is 115 Å². The van der Waals surface area contributed by atoms with Crippen molar-refractivity contribution in [1.29, 1.82) is 0 Å². The molecule has 6 nitrogen and oxygen atoms in total. The van der Waals surface area contributed by atoms with Gasteiger partial charge < -0.3 is 10.5 Å². The number of benzene rings is 1. The second-order valence-corrected chi connectivity index (χ2v) is 5.08. The second kappa shape index (κ2) is 5.14. The Balaban J connectivity index is 1.90. The fourth-order valence-corrected chi connectivity index (χ4v) is 2.41. The topological polar surface area (TPSA) is 78.9 Å². The van der Waals surface area contributed by atoms with E-state index in [-0.39, 0.29) is 0 Å². The van der Waals surface area contributed by atoms with E-state index in [1.165, 1.54) is 0 Å². The first kappa shape index (κ1) is 12.4. The highest BCUT2D eigenvalue weighted by Crippen LogP contribution is 2.27. The average Bonchev–Trinajstić information content (AvgIpc) is 3.02. The third-order valence-electron chi connectivity index (χ3n) is 3.24. The minimum absolute atomic E-state index is 0.454. The van der Waals surface area contributed by atoms with Crippen LogP contribution < -0.4 is 5.73 Å². The molecule has 1 aromatic heterocycles. The predicted octanol–water partition coefficient (Wildman–Crippen LogP) is 1.61. The molecule has 2 N–H and O–H groups in total. The lowest BCUT2D eigenvalue weighted by atomic mass is 10.1. The summed E-state index contributed by atoms with van der Waals surface area (Å²) in [6.45, 7) is 2.31. The molecule has 0 bridgehead atoms. The van der Waals surface area contributed by atoms with Gasteiger partial charge in [0.05, 0.1) is 13.2 Å². The number of hydrogen-bond donors (Lipinski definition) is 1. The number of tetrazole rings is 1. The number of halogens is 1. The van der Waals surface area contributed by atoms with Crippen molar-refractivity contribution in [3.05, 3.63) is 23.2 Å². The first-order chi connectivity index (χ1) is 9.24. The average molecular weight is 280 g/mol. The van der Waals surface area contributed by atoms with E-state index in [9.17, 15) is 0 Å². The van der Waals surface area contributed by atoms with Gasteiger partial charge >= 0.3 is 0 Å². The highest BCUT2D eigenvalue weighted by molar-refractivity contribution is 6.31. The van der Waals surface area contributed by atoms with Gasteiger partial charge in [-0.05, 0) is 35.0 Å². The van der Waals surface area contributed by atoms with Gasteiger partial charge in [0.15, 0.2) is 5.82 Å². The summed E-state index contributed by atoms with van der Waals surface area (Å²) in [6, 6.07) is 5.32. The van der Waals surface area contributed by atoms with Crippen LogP contribution in [-0.4, -0.2) is 33.4 Å². The number of nitrogen functional groups attached to an aromatic ring is 1. The van der Waals surface area contributed by atoms with Crippen LogP contribution in [0.5, 0.6) is 0 Å². The molecule has 0 spiro atoms. The maximum absolute atomic E-state index is 5.97. The molecule has 1 unspecified atom stereocenters.